The van der Waals surface area contributed by atoms with Crippen molar-refractivity contribution in [1.82, 2.24) is 9.97 Å². The predicted molar refractivity (Wildman–Crippen MR) is 105 cm³/mol. The Kier molecular flexibility index (Phi) is 4.22. The van der Waals surface area contributed by atoms with Crippen LogP contribution < -0.4 is 0 Å². The summed E-state index contributed by atoms with van der Waals surface area (Å²) in [7, 11) is 0. The van der Waals surface area contributed by atoms with E-state index in [9.17, 15) is 15.4 Å². The number of fused-ring (bicyclic) bond motifs is 1. The van der Waals surface area contributed by atoms with Crippen molar-refractivity contribution in [2.75, 3.05) is 0 Å². The molecule has 0 saturated carbocycles. The normalized spacial score (nSPS) is 11.5. The second-order valence-corrected chi connectivity index (χ2v) is 6.23. The number of aryl methyl sites for hydroxylation is 1. The fourth-order valence-electron chi connectivity index (χ4n) is 2.92. The maximum absolute atomic E-state index is 11.1. The molecule has 2 aromatic heterocycles. The lowest BCUT2D eigenvalue weighted by atomic mass is 10.1. The van der Waals surface area contributed by atoms with Crippen LogP contribution in [0.4, 0.5) is 5.69 Å². The second kappa shape index (κ2) is 6.85. The van der Waals surface area contributed by atoms with E-state index in [0.717, 1.165) is 11.0 Å². The van der Waals surface area contributed by atoms with Gasteiger partial charge in [0, 0.05) is 23.3 Å². The van der Waals surface area contributed by atoms with Gasteiger partial charge in [-0.15, -0.1) is 0 Å². The lowest BCUT2D eigenvalue weighted by Gasteiger charge is -2.00. The largest absolute Gasteiger partial charge is 0.457 e. The van der Waals surface area contributed by atoms with E-state index in [-0.39, 0.29) is 5.69 Å². The van der Waals surface area contributed by atoms with Crippen LogP contribution in [-0.2, 0) is 0 Å². The number of para-hydroxylation sites is 2. The van der Waals surface area contributed by atoms with Crippen LogP contribution in [0, 0.1) is 28.4 Å². The zero-order valence-electron chi connectivity index (χ0n) is 14.8. The van der Waals surface area contributed by atoms with Crippen molar-refractivity contribution in [1.29, 1.82) is 5.26 Å². The maximum atomic E-state index is 11.1. The third kappa shape index (κ3) is 3.15. The molecule has 0 bridgehead atoms. The van der Waals surface area contributed by atoms with Gasteiger partial charge in [0.15, 0.2) is 0 Å². The van der Waals surface area contributed by atoms with Crippen molar-refractivity contribution >= 4 is 28.4 Å². The van der Waals surface area contributed by atoms with E-state index in [1.165, 1.54) is 6.07 Å². The quantitative estimate of drug-likeness (QED) is 0.305. The van der Waals surface area contributed by atoms with Gasteiger partial charge in [-0.2, -0.15) is 5.26 Å². The van der Waals surface area contributed by atoms with Gasteiger partial charge in [-0.05, 0) is 31.2 Å². The number of nitro groups is 1. The summed E-state index contributed by atoms with van der Waals surface area (Å²) < 4.78 is 5.78. The Labute approximate surface area is 159 Å². The molecule has 0 spiro atoms. The number of nitrogens with zero attached hydrogens (tertiary/aromatic N) is 3. The zero-order valence-corrected chi connectivity index (χ0v) is 14.8. The van der Waals surface area contributed by atoms with Gasteiger partial charge in [0.1, 0.15) is 23.4 Å². The first-order valence-electron chi connectivity index (χ1n) is 8.47. The van der Waals surface area contributed by atoms with Crippen molar-refractivity contribution < 1.29 is 9.34 Å². The minimum atomic E-state index is -0.419. The molecule has 4 aromatic rings. The predicted octanol–water partition coefficient (Wildman–Crippen LogP) is 5.10. The van der Waals surface area contributed by atoms with E-state index in [4.69, 9.17) is 4.42 Å². The molecule has 7 nitrogen and oxygen atoms in total. The molecule has 0 unspecified atom stereocenters. The summed E-state index contributed by atoms with van der Waals surface area (Å²) in [6, 6.07) is 18.0. The fraction of sp³-hybridized carbons (Fsp3) is 0.0476. The third-order valence-corrected chi connectivity index (χ3v) is 4.37. The average molecular weight is 370 g/mol. The standard InChI is InChI=1S/C21H14N4O3/c1-13-6-7-14(11-19(13)25(26)27)20-9-8-16(28-20)10-15(12-22)21-23-17-4-2-3-5-18(17)24-21/h2-11H,1H3,(H,23,24). The number of allylic oxidation sites excluding steroid dienone is 1. The van der Waals surface area contributed by atoms with E-state index in [1.54, 1.807) is 37.3 Å². The number of nitriles is 1. The highest BCUT2D eigenvalue weighted by molar-refractivity contribution is 5.89. The Hall–Kier alpha value is -4.18. The number of rotatable bonds is 4. The maximum Gasteiger partial charge on any atom is 0.273 e. The van der Waals surface area contributed by atoms with E-state index < -0.39 is 4.92 Å². The van der Waals surface area contributed by atoms with E-state index in [1.807, 2.05) is 24.3 Å². The van der Waals surface area contributed by atoms with Crippen LogP contribution >= 0.6 is 0 Å². The van der Waals surface area contributed by atoms with Crippen molar-refractivity contribution in [2.24, 2.45) is 0 Å². The van der Waals surface area contributed by atoms with Crippen LogP contribution in [-0.4, -0.2) is 14.9 Å². The minimum absolute atomic E-state index is 0.0333. The van der Waals surface area contributed by atoms with Gasteiger partial charge in [0.2, 0.25) is 0 Å². The smallest absolute Gasteiger partial charge is 0.273 e. The van der Waals surface area contributed by atoms with Gasteiger partial charge in [0.25, 0.3) is 5.69 Å². The van der Waals surface area contributed by atoms with Crippen LogP contribution in [0.2, 0.25) is 0 Å². The number of imidazole rings is 1. The van der Waals surface area contributed by atoms with Crippen LogP contribution in [0.15, 0.2) is 59.0 Å². The molecule has 0 amide bonds. The van der Waals surface area contributed by atoms with Gasteiger partial charge in [-0.25, -0.2) is 4.98 Å². The first-order valence-corrected chi connectivity index (χ1v) is 8.47. The van der Waals surface area contributed by atoms with Gasteiger partial charge in [0.05, 0.1) is 21.5 Å². The Balaban J connectivity index is 1.69. The SMILES string of the molecule is Cc1ccc(-c2ccc(C=C(C#N)c3nc4ccccc4[nH]3)o2)cc1[N+](=O)[O-]. The number of aromatic nitrogens is 2. The molecule has 0 fully saturated rings. The van der Waals surface area contributed by atoms with Crippen LogP contribution in [0.1, 0.15) is 17.1 Å². The highest BCUT2D eigenvalue weighted by Gasteiger charge is 2.14. The number of H-pyrrole nitrogens is 1. The molecule has 28 heavy (non-hydrogen) atoms. The monoisotopic (exact) mass is 370 g/mol. The number of aromatic amines is 1. The van der Waals surface area contributed by atoms with Crippen molar-refractivity contribution in [3.05, 3.63) is 81.9 Å². The van der Waals surface area contributed by atoms with E-state index >= 15 is 0 Å². The number of furan rings is 1. The summed E-state index contributed by atoms with van der Waals surface area (Å²) in [5, 5.41) is 20.7. The molecule has 7 heteroatoms. The fourth-order valence-corrected chi connectivity index (χ4v) is 2.92. The molecule has 0 aliphatic carbocycles. The molecule has 0 saturated heterocycles. The Morgan fingerprint density at radius 1 is 1.25 bits per heavy atom. The lowest BCUT2D eigenvalue weighted by Crippen LogP contribution is -1.91. The van der Waals surface area contributed by atoms with Crippen molar-refractivity contribution in [2.45, 2.75) is 6.92 Å². The van der Waals surface area contributed by atoms with Crippen molar-refractivity contribution in [3.8, 4) is 17.4 Å². The average Bonchev–Trinajstić information content (AvgIpc) is 3.33. The summed E-state index contributed by atoms with van der Waals surface area (Å²) in [5.41, 5.74) is 3.14. The molecule has 0 atom stereocenters. The molecule has 0 radical (unpaired) electrons. The van der Waals surface area contributed by atoms with Gasteiger partial charge >= 0.3 is 0 Å². The number of nitrogens with one attached hydrogen (secondary N) is 1. The Morgan fingerprint density at radius 2 is 2.07 bits per heavy atom. The van der Waals surface area contributed by atoms with Gasteiger partial charge in [-0.1, -0.05) is 24.3 Å². The number of hydrogen-bond acceptors (Lipinski definition) is 5. The minimum Gasteiger partial charge on any atom is -0.457 e. The van der Waals surface area contributed by atoms with Crippen molar-refractivity contribution in [3.63, 3.8) is 0 Å². The molecule has 0 aliphatic heterocycles. The highest BCUT2D eigenvalue weighted by atomic mass is 16.6. The topological polar surface area (TPSA) is 109 Å². The number of hydrogen-bond donors (Lipinski definition) is 1. The van der Waals surface area contributed by atoms with E-state index in [2.05, 4.69) is 16.0 Å². The molecule has 4 rings (SSSR count). The van der Waals surface area contributed by atoms with Crippen LogP contribution in [0.5, 0.6) is 0 Å². The molecule has 2 heterocycles. The summed E-state index contributed by atoms with van der Waals surface area (Å²) in [6.07, 6.45) is 1.59. The molecule has 2 aromatic carbocycles. The van der Waals surface area contributed by atoms with Crippen LogP contribution in [0.25, 0.3) is 34.0 Å². The highest BCUT2D eigenvalue weighted by Crippen LogP contribution is 2.29. The Morgan fingerprint density at radius 3 is 2.82 bits per heavy atom. The third-order valence-electron chi connectivity index (χ3n) is 4.37. The molecular formula is C21H14N4O3. The lowest BCUT2D eigenvalue weighted by molar-refractivity contribution is -0.385. The van der Waals surface area contributed by atoms with E-state index in [0.29, 0.717) is 34.0 Å². The molecular weight excluding hydrogens is 356 g/mol. The number of benzene rings is 2. The summed E-state index contributed by atoms with van der Waals surface area (Å²) in [5.74, 6) is 1.39. The number of nitro benzene ring substituents is 1. The summed E-state index contributed by atoms with van der Waals surface area (Å²) in [6.45, 7) is 1.69. The van der Waals surface area contributed by atoms with Crippen LogP contribution in [0.3, 0.4) is 0 Å². The molecule has 0 aliphatic rings. The molecule has 1 N–H and O–H groups in total. The summed E-state index contributed by atoms with van der Waals surface area (Å²) in [4.78, 5) is 18.3. The van der Waals surface area contributed by atoms with Gasteiger partial charge in [-0.3, -0.25) is 10.1 Å². The first-order chi connectivity index (χ1) is 13.5. The van der Waals surface area contributed by atoms with Gasteiger partial charge < -0.3 is 9.40 Å². The zero-order chi connectivity index (χ0) is 19.7. The summed E-state index contributed by atoms with van der Waals surface area (Å²) >= 11 is 0. The Bertz CT molecular complexity index is 1240. The molecule has 136 valence electrons. The first kappa shape index (κ1) is 17.2. The second-order valence-electron chi connectivity index (χ2n) is 6.23.